The number of aromatic nitrogens is 2. The van der Waals surface area contributed by atoms with Crippen LogP contribution in [0.5, 0.6) is 0 Å². The van der Waals surface area contributed by atoms with Gasteiger partial charge in [0.1, 0.15) is 5.82 Å². The summed E-state index contributed by atoms with van der Waals surface area (Å²) in [6.45, 7) is 4.15. The second kappa shape index (κ2) is 6.37. The fourth-order valence-electron chi connectivity index (χ4n) is 2.05. The number of aliphatic hydroxyl groups is 1. The van der Waals surface area contributed by atoms with Crippen molar-refractivity contribution in [3.05, 3.63) is 52.6 Å². The summed E-state index contributed by atoms with van der Waals surface area (Å²) in [5.74, 6) is -0.494. The van der Waals surface area contributed by atoms with E-state index in [9.17, 15) is 9.50 Å². The highest BCUT2D eigenvalue weighted by atomic mass is 35.5. The first-order chi connectivity index (χ1) is 9.52. The first-order valence-electron chi connectivity index (χ1n) is 6.69. The van der Waals surface area contributed by atoms with Gasteiger partial charge in [-0.2, -0.15) is 5.10 Å². The van der Waals surface area contributed by atoms with Gasteiger partial charge in [-0.05, 0) is 31.5 Å². The summed E-state index contributed by atoms with van der Waals surface area (Å²) in [7, 11) is 0. The Morgan fingerprint density at radius 1 is 1.40 bits per heavy atom. The Kier molecular flexibility index (Phi) is 4.78. The van der Waals surface area contributed by atoms with E-state index in [0.717, 1.165) is 12.1 Å². The average molecular weight is 297 g/mol. The maximum atomic E-state index is 13.7. The molecule has 0 amide bonds. The number of benzene rings is 1. The molecule has 1 aromatic heterocycles. The Labute approximate surface area is 123 Å². The molecule has 2 aromatic rings. The molecule has 1 aromatic carbocycles. The van der Waals surface area contributed by atoms with Crippen molar-refractivity contribution in [2.45, 2.75) is 38.8 Å². The van der Waals surface area contributed by atoms with Gasteiger partial charge in [0, 0.05) is 29.2 Å². The Morgan fingerprint density at radius 2 is 2.15 bits per heavy atom. The van der Waals surface area contributed by atoms with E-state index in [1.807, 2.05) is 16.9 Å². The zero-order valence-electron chi connectivity index (χ0n) is 11.6. The number of rotatable bonds is 5. The molecule has 0 radical (unpaired) electrons. The molecule has 20 heavy (non-hydrogen) atoms. The van der Waals surface area contributed by atoms with Crippen LogP contribution in [0, 0.1) is 5.82 Å². The molecule has 0 bridgehead atoms. The van der Waals surface area contributed by atoms with Crippen molar-refractivity contribution in [2.75, 3.05) is 0 Å². The third-order valence-corrected chi connectivity index (χ3v) is 3.77. The van der Waals surface area contributed by atoms with Crippen LogP contribution in [0.25, 0.3) is 0 Å². The highest BCUT2D eigenvalue weighted by molar-refractivity contribution is 6.31. The largest absolute Gasteiger partial charge is 0.388 e. The number of hydrogen-bond donors (Lipinski definition) is 1. The quantitative estimate of drug-likeness (QED) is 0.908. The number of aliphatic hydroxyl groups excluding tert-OH is 1. The van der Waals surface area contributed by atoms with Crippen LogP contribution >= 0.6 is 11.6 Å². The Morgan fingerprint density at radius 3 is 2.80 bits per heavy atom. The summed E-state index contributed by atoms with van der Waals surface area (Å²) in [5, 5.41) is 14.8. The Balaban J connectivity index is 2.15. The molecule has 0 aliphatic heterocycles. The highest BCUT2D eigenvalue weighted by Crippen LogP contribution is 2.28. The fourth-order valence-corrected chi connectivity index (χ4v) is 2.34. The van der Waals surface area contributed by atoms with Crippen molar-refractivity contribution in [2.24, 2.45) is 0 Å². The van der Waals surface area contributed by atoms with Crippen LogP contribution in [0.1, 0.15) is 43.7 Å². The molecule has 0 aliphatic rings. The maximum absolute atomic E-state index is 13.7. The van der Waals surface area contributed by atoms with E-state index in [4.69, 9.17) is 11.6 Å². The predicted molar refractivity (Wildman–Crippen MR) is 77.3 cm³/mol. The molecule has 1 heterocycles. The van der Waals surface area contributed by atoms with Crippen LogP contribution in [0.3, 0.4) is 0 Å². The predicted octanol–water partition coefficient (Wildman–Crippen LogP) is 3.92. The van der Waals surface area contributed by atoms with Crippen molar-refractivity contribution in [3.8, 4) is 0 Å². The number of hydrogen-bond acceptors (Lipinski definition) is 2. The van der Waals surface area contributed by atoms with Gasteiger partial charge >= 0.3 is 0 Å². The zero-order valence-corrected chi connectivity index (χ0v) is 12.3. The van der Waals surface area contributed by atoms with Gasteiger partial charge in [0.25, 0.3) is 0 Å². The van der Waals surface area contributed by atoms with Crippen LogP contribution < -0.4 is 0 Å². The van der Waals surface area contributed by atoms with Crippen LogP contribution in [-0.2, 0) is 6.42 Å². The van der Waals surface area contributed by atoms with E-state index < -0.39 is 11.9 Å². The number of nitrogens with zero attached hydrogens (tertiary/aromatic N) is 2. The third kappa shape index (κ3) is 3.19. The van der Waals surface area contributed by atoms with Crippen molar-refractivity contribution in [1.82, 2.24) is 9.78 Å². The summed E-state index contributed by atoms with van der Waals surface area (Å²) in [4.78, 5) is 0. The van der Waals surface area contributed by atoms with E-state index in [1.54, 1.807) is 6.07 Å². The standard InChI is InChI=1S/C15H18ClFN2O/c1-3-10(2)19-8-7-11(18-19)9-14(20)15-12(16)5-4-6-13(15)17/h4-8,10,14,20H,3,9H2,1-2H3. The molecule has 0 saturated heterocycles. The van der Waals surface area contributed by atoms with E-state index in [1.165, 1.54) is 12.1 Å². The van der Waals surface area contributed by atoms with Crippen molar-refractivity contribution >= 4 is 11.6 Å². The lowest BCUT2D eigenvalue weighted by molar-refractivity contribution is 0.172. The summed E-state index contributed by atoms with van der Waals surface area (Å²) < 4.78 is 15.6. The molecule has 0 saturated carbocycles. The lowest BCUT2D eigenvalue weighted by Crippen LogP contribution is -2.08. The topological polar surface area (TPSA) is 38.0 Å². The first kappa shape index (κ1) is 15.0. The van der Waals surface area contributed by atoms with Gasteiger partial charge in [-0.25, -0.2) is 4.39 Å². The smallest absolute Gasteiger partial charge is 0.130 e. The van der Waals surface area contributed by atoms with Crippen molar-refractivity contribution in [3.63, 3.8) is 0 Å². The molecule has 108 valence electrons. The van der Waals surface area contributed by atoms with Crippen molar-refractivity contribution < 1.29 is 9.50 Å². The van der Waals surface area contributed by atoms with Crippen LogP contribution in [-0.4, -0.2) is 14.9 Å². The maximum Gasteiger partial charge on any atom is 0.130 e. The van der Waals surface area contributed by atoms with Crippen LogP contribution in [0.15, 0.2) is 30.5 Å². The second-order valence-corrected chi connectivity index (χ2v) is 5.31. The summed E-state index contributed by atoms with van der Waals surface area (Å²) >= 11 is 5.94. The summed E-state index contributed by atoms with van der Waals surface area (Å²) in [6.07, 6.45) is 2.09. The fraction of sp³-hybridized carbons (Fsp3) is 0.400. The van der Waals surface area contributed by atoms with Gasteiger partial charge in [-0.3, -0.25) is 4.68 Å². The summed E-state index contributed by atoms with van der Waals surface area (Å²) in [5.41, 5.74) is 0.851. The van der Waals surface area contributed by atoms with Crippen molar-refractivity contribution in [1.29, 1.82) is 0 Å². The molecule has 1 N–H and O–H groups in total. The first-order valence-corrected chi connectivity index (χ1v) is 7.06. The average Bonchev–Trinajstić information content (AvgIpc) is 2.86. The van der Waals surface area contributed by atoms with Crippen LogP contribution in [0.2, 0.25) is 5.02 Å². The minimum Gasteiger partial charge on any atom is -0.388 e. The zero-order chi connectivity index (χ0) is 14.7. The Hall–Kier alpha value is -1.39. The van der Waals surface area contributed by atoms with Crippen LogP contribution in [0.4, 0.5) is 4.39 Å². The molecule has 0 spiro atoms. The lowest BCUT2D eigenvalue weighted by Gasteiger charge is -2.13. The molecule has 5 heteroatoms. The van der Waals surface area contributed by atoms with E-state index in [0.29, 0.717) is 6.04 Å². The minimum atomic E-state index is -0.996. The second-order valence-electron chi connectivity index (χ2n) is 4.90. The summed E-state index contributed by atoms with van der Waals surface area (Å²) in [6, 6.07) is 6.52. The molecule has 2 atom stereocenters. The normalized spacial score (nSPS) is 14.2. The van der Waals surface area contributed by atoms with Gasteiger partial charge in [-0.1, -0.05) is 24.6 Å². The molecule has 3 nitrogen and oxygen atoms in total. The molecule has 0 fully saturated rings. The van der Waals surface area contributed by atoms with Gasteiger partial charge in [0.15, 0.2) is 0 Å². The third-order valence-electron chi connectivity index (χ3n) is 3.44. The van der Waals surface area contributed by atoms with E-state index in [2.05, 4.69) is 18.9 Å². The highest BCUT2D eigenvalue weighted by Gasteiger charge is 2.18. The monoisotopic (exact) mass is 296 g/mol. The molecule has 0 aliphatic carbocycles. The van der Waals surface area contributed by atoms with E-state index in [-0.39, 0.29) is 17.0 Å². The SMILES string of the molecule is CCC(C)n1ccc(CC(O)c2c(F)cccc2Cl)n1. The Bertz CT molecular complexity index is 565. The van der Waals surface area contributed by atoms with Gasteiger partial charge in [0.2, 0.25) is 0 Å². The molecule has 2 rings (SSSR count). The lowest BCUT2D eigenvalue weighted by atomic mass is 10.0. The van der Waals surface area contributed by atoms with Gasteiger partial charge in [-0.15, -0.1) is 0 Å². The molecular weight excluding hydrogens is 279 g/mol. The van der Waals surface area contributed by atoms with Gasteiger partial charge < -0.3 is 5.11 Å². The van der Waals surface area contributed by atoms with Gasteiger partial charge in [0.05, 0.1) is 11.8 Å². The van der Waals surface area contributed by atoms with E-state index >= 15 is 0 Å². The molecular formula is C15H18ClFN2O. The number of halogens is 2. The molecule has 2 unspecified atom stereocenters. The minimum absolute atomic E-state index is 0.132.